The van der Waals surface area contributed by atoms with Crippen LogP contribution in [0.1, 0.15) is 41.9 Å². The molecule has 3 nitrogen and oxygen atoms in total. The van der Waals surface area contributed by atoms with Gasteiger partial charge in [-0.1, -0.05) is 32.0 Å². The van der Waals surface area contributed by atoms with E-state index in [9.17, 15) is 4.79 Å². The van der Waals surface area contributed by atoms with Crippen LogP contribution < -0.4 is 5.32 Å². The SMILES string of the molecule is Cc1c(C(=O)NCC(C)(C)CCCO)sc2ccccc12. The molecule has 2 N–H and O–H groups in total. The van der Waals surface area contributed by atoms with Crippen LogP contribution in [0.25, 0.3) is 10.1 Å². The van der Waals surface area contributed by atoms with E-state index in [0.29, 0.717) is 6.54 Å². The Morgan fingerprint density at radius 2 is 2.05 bits per heavy atom. The van der Waals surface area contributed by atoms with Gasteiger partial charge in [0, 0.05) is 17.9 Å². The molecule has 0 spiro atoms. The largest absolute Gasteiger partial charge is 0.396 e. The fourth-order valence-electron chi connectivity index (χ4n) is 2.44. The van der Waals surface area contributed by atoms with Gasteiger partial charge in [-0.05, 0) is 42.2 Å². The Bertz CT molecular complexity index is 631. The first-order chi connectivity index (χ1) is 9.94. The van der Waals surface area contributed by atoms with Gasteiger partial charge >= 0.3 is 0 Å². The summed E-state index contributed by atoms with van der Waals surface area (Å²) in [6, 6.07) is 8.11. The van der Waals surface area contributed by atoms with E-state index in [0.717, 1.165) is 33.4 Å². The molecule has 0 aliphatic carbocycles. The van der Waals surface area contributed by atoms with Gasteiger partial charge in [0.15, 0.2) is 0 Å². The van der Waals surface area contributed by atoms with Crippen LogP contribution in [-0.2, 0) is 0 Å². The number of thiophene rings is 1. The van der Waals surface area contributed by atoms with Crippen molar-refractivity contribution in [1.29, 1.82) is 0 Å². The van der Waals surface area contributed by atoms with E-state index in [1.807, 2.05) is 19.1 Å². The van der Waals surface area contributed by atoms with Gasteiger partial charge < -0.3 is 10.4 Å². The number of nitrogens with one attached hydrogen (secondary N) is 1. The molecular formula is C17H23NO2S. The second-order valence-corrected chi connectivity index (χ2v) is 7.28. The molecule has 0 radical (unpaired) electrons. The maximum absolute atomic E-state index is 12.4. The van der Waals surface area contributed by atoms with E-state index >= 15 is 0 Å². The van der Waals surface area contributed by atoms with Gasteiger partial charge in [-0.2, -0.15) is 0 Å². The Morgan fingerprint density at radius 1 is 1.33 bits per heavy atom. The molecule has 0 unspecified atom stereocenters. The Morgan fingerprint density at radius 3 is 2.71 bits per heavy atom. The predicted molar refractivity (Wildman–Crippen MR) is 89.0 cm³/mol. The number of amides is 1. The summed E-state index contributed by atoms with van der Waals surface area (Å²) in [4.78, 5) is 13.2. The topological polar surface area (TPSA) is 49.3 Å². The standard InChI is InChI=1S/C17H23NO2S/c1-12-13-7-4-5-8-14(13)21-15(12)16(20)18-11-17(2,3)9-6-10-19/h4-5,7-8,19H,6,9-11H2,1-3H3,(H,18,20). The van der Waals surface area contributed by atoms with Gasteiger partial charge in [-0.25, -0.2) is 0 Å². The molecule has 0 fully saturated rings. The van der Waals surface area contributed by atoms with Crippen molar-refractivity contribution in [2.24, 2.45) is 5.41 Å². The maximum atomic E-state index is 12.4. The van der Waals surface area contributed by atoms with E-state index in [1.54, 1.807) is 11.3 Å². The van der Waals surface area contributed by atoms with E-state index in [-0.39, 0.29) is 17.9 Å². The second kappa shape index (κ2) is 6.58. The monoisotopic (exact) mass is 305 g/mol. The Balaban J connectivity index is 2.07. The summed E-state index contributed by atoms with van der Waals surface area (Å²) in [6.45, 7) is 7.05. The van der Waals surface area contributed by atoms with Crippen molar-refractivity contribution in [3.63, 3.8) is 0 Å². The third kappa shape index (κ3) is 3.83. The number of rotatable bonds is 6. The normalized spacial score (nSPS) is 11.8. The fourth-order valence-corrected chi connectivity index (χ4v) is 3.56. The van der Waals surface area contributed by atoms with Crippen molar-refractivity contribution >= 4 is 27.3 Å². The van der Waals surface area contributed by atoms with E-state index < -0.39 is 0 Å². The highest BCUT2D eigenvalue weighted by Gasteiger charge is 2.20. The number of aliphatic hydroxyl groups is 1. The van der Waals surface area contributed by atoms with Crippen molar-refractivity contribution in [2.75, 3.05) is 13.2 Å². The lowest BCUT2D eigenvalue weighted by atomic mass is 9.88. The zero-order valence-electron chi connectivity index (χ0n) is 12.9. The van der Waals surface area contributed by atoms with Gasteiger partial charge in [-0.15, -0.1) is 11.3 Å². The van der Waals surface area contributed by atoms with Crippen molar-refractivity contribution in [3.05, 3.63) is 34.7 Å². The Hall–Kier alpha value is -1.39. The minimum atomic E-state index is 0.00295. The number of carbonyl (C=O) groups excluding carboxylic acids is 1. The Kier molecular flexibility index (Phi) is 5.01. The predicted octanol–water partition coefficient (Wildman–Crippen LogP) is 3.74. The third-order valence-electron chi connectivity index (χ3n) is 3.79. The minimum Gasteiger partial charge on any atom is -0.396 e. The lowest BCUT2D eigenvalue weighted by molar-refractivity contribution is 0.0936. The second-order valence-electron chi connectivity index (χ2n) is 6.23. The highest BCUT2D eigenvalue weighted by atomic mass is 32.1. The Labute approximate surface area is 130 Å². The molecule has 0 saturated carbocycles. The van der Waals surface area contributed by atoms with Crippen LogP contribution in [0.5, 0.6) is 0 Å². The van der Waals surface area contributed by atoms with Crippen LogP contribution in [0.15, 0.2) is 24.3 Å². The molecule has 0 aliphatic heterocycles. The van der Waals surface area contributed by atoms with Crippen LogP contribution in [0.2, 0.25) is 0 Å². The molecule has 114 valence electrons. The lowest BCUT2D eigenvalue weighted by Crippen LogP contribution is -2.34. The first kappa shape index (κ1) is 16.0. The zero-order valence-corrected chi connectivity index (χ0v) is 13.7. The molecule has 1 amide bonds. The molecule has 1 aromatic carbocycles. The number of benzene rings is 1. The fraction of sp³-hybridized carbons (Fsp3) is 0.471. The van der Waals surface area contributed by atoms with E-state index in [2.05, 4.69) is 31.3 Å². The number of fused-ring (bicyclic) bond motifs is 1. The highest BCUT2D eigenvalue weighted by Crippen LogP contribution is 2.30. The van der Waals surface area contributed by atoms with Gasteiger partial charge in [0.1, 0.15) is 0 Å². The number of carbonyl (C=O) groups is 1. The summed E-state index contributed by atoms with van der Waals surface area (Å²) >= 11 is 1.55. The summed E-state index contributed by atoms with van der Waals surface area (Å²) < 4.78 is 1.15. The lowest BCUT2D eigenvalue weighted by Gasteiger charge is -2.24. The number of hydrogen-bond acceptors (Lipinski definition) is 3. The maximum Gasteiger partial charge on any atom is 0.261 e. The molecule has 0 saturated heterocycles. The van der Waals surface area contributed by atoms with E-state index in [4.69, 9.17) is 5.11 Å². The first-order valence-corrected chi connectivity index (χ1v) is 8.13. The molecule has 0 atom stereocenters. The molecule has 2 rings (SSSR count). The number of aliphatic hydroxyl groups excluding tert-OH is 1. The van der Waals surface area contributed by atoms with Crippen LogP contribution in [0.4, 0.5) is 0 Å². The van der Waals surface area contributed by atoms with Gasteiger partial charge in [0.25, 0.3) is 5.91 Å². The molecule has 1 aromatic heterocycles. The number of aryl methyl sites for hydroxylation is 1. The molecule has 21 heavy (non-hydrogen) atoms. The average molecular weight is 305 g/mol. The zero-order chi connectivity index (χ0) is 15.5. The molecular weight excluding hydrogens is 282 g/mol. The van der Waals surface area contributed by atoms with Crippen LogP contribution in [0.3, 0.4) is 0 Å². The summed E-state index contributed by atoms with van der Waals surface area (Å²) in [7, 11) is 0. The van der Waals surface area contributed by atoms with E-state index in [1.165, 1.54) is 0 Å². The molecule has 2 aromatic rings. The molecule has 1 heterocycles. The van der Waals surface area contributed by atoms with Crippen molar-refractivity contribution in [1.82, 2.24) is 5.32 Å². The van der Waals surface area contributed by atoms with Gasteiger partial charge in [0.05, 0.1) is 4.88 Å². The van der Waals surface area contributed by atoms with Crippen molar-refractivity contribution in [2.45, 2.75) is 33.6 Å². The van der Waals surface area contributed by atoms with Gasteiger partial charge in [0.2, 0.25) is 0 Å². The van der Waals surface area contributed by atoms with Crippen LogP contribution in [-0.4, -0.2) is 24.2 Å². The van der Waals surface area contributed by atoms with Gasteiger partial charge in [-0.3, -0.25) is 4.79 Å². The molecule has 4 heteroatoms. The smallest absolute Gasteiger partial charge is 0.261 e. The minimum absolute atomic E-state index is 0.00295. The van der Waals surface area contributed by atoms with Crippen LogP contribution >= 0.6 is 11.3 Å². The first-order valence-electron chi connectivity index (χ1n) is 7.32. The van der Waals surface area contributed by atoms with Crippen molar-refractivity contribution in [3.8, 4) is 0 Å². The van der Waals surface area contributed by atoms with Crippen molar-refractivity contribution < 1.29 is 9.90 Å². The third-order valence-corrected chi connectivity index (χ3v) is 5.06. The summed E-state index contributed by atoms with van der Waals surface area (Å²) in [5, 5.41) is 13.1. The number of hydrogen-bond donors (Lipinski definition) is 2. The average Bonchev–Trinajstić information content (AvgIpc) is 2.81. The quantitative estimate of drug-likeness (QED) is 0.854. The summed E-state index contributed by atoms with van der Waals surface area (Å²) in [5.74, 6) is 0.00535. The van der Waals surface area contributed by atoms with Crippen LogP contribution in [0, 0.1) is 12.3 Å². The molecule has 0 bridgehead atoms. The summed E-state index contributed by atoms with van der Waals surface area (Å²) in [6.07, 6.45) is 1.67. The highest BCUT2D eigenvalue weighted by molar-refractivity contribution is 7.21. The summed E-state index contributed by atoms with van der Waals surface area (Å²) in [5.41, 5.74) is 1.06. The molecule has 0 aliphatic rings.